The molecule has 0 saturated heterocycles. The molecule has 27 heavy (non-hydrogen) atoms. The molecule has 0 aliphatic carbocycles. The minimum absolute atomic E-state index is 0.0215. The van der Waals surface area contributed by atoms with Gasteiger partial charge in [-0.25, -0.2) is 14.2 Å². The van der Waals surface area contributed by atoms with Gasteiger partial charge in [-0.1, -0.05) is 5.21 Å². The molecule has 0 aliphatic heterocycles. The van der Waals surface area contributed by atoms with Gasteiger partial charge in [0, 0.05) is 6.07 Å². The number of aromatic nitrogens is 8. The monoisotopic (exact) mass is 370 g/mol. The summed E-state index contributed by atoms with van der Waals surface area (Å²) in [5, 5.41) is 44.6. The van der Waals surface area contributed by atoms with Crippen molar-refractivity contribution in [3.05, 3.63) is 32.4 Å². The minimum Gasteiger partial charge on any atom is -0.258 e. The van der Waals surface area contributed by atoms with E-state index in [9.17, 15) is 20.2 Å². The number of rotatable bonds is 3. The molecule has 4 heterocycles. The summed E-state index contributed by atoms with van der Waals surface area (Å²) < 4.78 is 10.3. The van der Waals surface area contributed by atoms with E-state index in [1.807, 2.05) is 0 Å². The molecule has 5 aromatic rings. The van der Waals surface area contributed by atoms with Crippen molar-refractivity contribution < 1.29 is 19.1 Å². The third-order valence-corrected chi connectivity index (χ3v) is 3.73. The van der Waals surface area contributed by atoms with Crippen molar-refractivity contribution in [1.29, 1.82) is 0 Å². The first-order valence-corrected chi connectivity index (χ1v) is 6.97. The van der Waals surface area contributed by atoms with Crippen LogP contribution in [0, 0.1) is 20.2 Å². The van der Waals surface area contributed by atoms with Crippen LogP contribution in [-0.4, -0.2) is 50.5 Å². The average molecular weight is 370 g/mol. The Morgan fingerprint density at radius 3 is 2.41 bits per heavy atom. The molecule has 16 nitrogen and oxygen atoms in total. The second kappa shape index (κ2) is 4.94. The molecule has 5 rings (SSSR count). The number of fused-ring (bicyclic) bond motifs is 4. The molecule has 0 amide bonds. The van der Waals surface area contributed by atoms with Crippen LogP contribution in [0.1, 0.15) is 0 Å². The largest absolute Gasteiger partial charge is 0.305 e. The Kier molecular flexibility index (Phi) is 2.69. The van der Waals surface area contributed by atoms with E-state index in [-0.39, 0.29) is 39.0 Å². The molecular formula is C11H2N10O6. The summed E-state index contributed by atoms with van der Waals surface area (Å²) in [6.45, 7) is 0. The van der Waals surface area contributed by atoms with Gasteiger partial charge in [-0.15, -0.1) is 5.10 Å². The topological polar surface area (TPSA) is 208 Å². The van der Waals surface area contributed by atoms with Gasteiger partial charge in [-0.2, -0.15) is 4.68 Å². The van der Waals surface area contributed by atoms with Crippen LogP contribution in [0.3, 0.4) is 0 Å². The molecule has 16 heteroatoms. The Bertz CT molecular complexity index is 1400. The molecule has 0 spiro atoms. The molecule has 1 aromatic carbocycles. The van der Waals surface area contributed by atoms with Crippen molar-refractivity contribution in [2.24, 2.45) is 0 Å². The number of nitrogens with zero attached hydrogens (tertiary/aromatic N) is 10. The van der Waals surface area contributed by atoms with E-state index in [1.54, 1.807) is 0 Å². The summed E-state index contributed by atoms with van der Waals surface area (Å²) in [5.41, 5.74) is -0.855. The van der Waals surface area contributed by atoms with Crippen LogP contribution in [-0.2, 0) is 0 Å². The lowest BCUT2D eigenvalue weighted by molar-refractivity contribution is -0.393. The van der Waals surface area contributed by atoms with Crippen LogP contribution >= 0.6 is 0 Å². The zero-order chi connectivity index (χ0) is 18.7. The fourth-order valence-electron chi connectivity index (χ4n) is 2.59. The Morgan fingerprint density at radius 2 is 1.63 bits per heavy atom. The first-order chi connectivity index (χ1) is 13.0. The van der Waals surface area contributed by atoms with Crippen LogP contribution in [0.5, 0.6) is 0 Å². The average Bonchev–Trinajstić information content (AvgIpc) is 3.37. The van der Waals surface area contributed by atoms with Gasteiger partial charge in [0.05, 0.1) is 15.9 Å². The van der Waals surface area contributed by atoms with Gasteiger partial charge in [0.15, 0.2) is 27.9 Å². The molecule has 0 fully saturated rings. The maximum atomic E-state index is 11.3. The fourth-order valence-corrected chi connectivity index (χ4v) is 2.59. The molecular weight excluding hydrogens is 368 g/mol. The molecule has 0 unspecified atom stereocenters. The van der Waals surface area contributed by atoms with Gasteiger partial charge in [0.25, 0.3) is 5.69 Å². The van der Waals surface area contributed by atoms with E-state index in [2.05, 4.69) is 45.2 Å². The van der Waals surface area contributed by atoms with Crippen LogP contribution in [0.25, 0.3) is 39.0 Å². The standard InChI is InChI=1S/C11H2N10O6/c22-20(23)3-1-4-6(5(2-3)21(24)25)13-18-19(4)11-9-7(14-26-16-9)8-10(12-11)17-27-15-8/h1-2H. The zero-order valence-corrected chi connectivity index (χ0v) is 12.6. The number of nitro benzene ring substituents is 2. The molecule has 0 atom stereocenters. The van der Waals surface area contributed by atoms with Gasteiger partial charge in [-0.3, -0.25) is 20.2 Å². The van der Waals surface area contributed by atoms with E-state index in [1.165, 1.54) is 0 Å². The molecule has 0 bridgehead atoms. The normalized spacial score (nSPS) is 11.6. The molecule has 0 radical (unpaired) electrons. The first-order valence-electron chi connectivity index (χ1n) is 6.97. The molecule has 4 aromatic heterocycles. The predicted molar refractivity (Wildman–Crippen MR) is 80.7 cm³/mol. The van der Waals surface area contributed by atoms with Crippen molar-refractivity contribution in [1.82, 2.24) is 40.6 Å². The summed E-state index contributed by atoms with van der Waals surface area (Å²) in [4.78, 5) is 25.0. The predicted octanol–water partition coefficient (Wildman–Crippen LogP) is 0.704. The highest BCUT2D eigenvalue weighted by molar-refractivity contribution is 6.01. The van der Waals surface area contributed by atoms with E-state index in [0.717, 1.165) is 16.8 Å². The minimum atomic E-state index is -0.792. The van der Waals surface area contributed by atoms with E-state index in [0.29, 0.717) is 0 Å². The maximum Gasteiger partial charge on any atom is 0.305 e. The van der Waals surface area contributed by atoms with E-state index in [4.69, 9.17) is 0 Å². The number of nitro groups is 2. The second-order valence-corrected chi connectivity index (χ2v) is 5.18. The van der Waals surface area contributed by atoms with Crippen LogP contribution in [0.2, 0.25) is 0 Å². The maximum absolute atomic E-state index is 11.3. The number of benzene rings is 1. The Hall–Kier alpha value is -4.63. The summed E-state index contributed by atoms with van der Waals surface area (Å²) in [5.74, 6) is -0.0215. The number of non-ortho nitro benzene ring substituents is 2. The van der Waals surface area contributed by atoms with Crippen molar-refractivity contribution in [2.75, 3.05) is 0 Å². The SMILES string of the molecule is O=[N+]([O-])c1cc([N+](=O)[O-])c2nnn(-c3nc4nonc4c4nonc34)c2c1. The van der Waals surface area contributed by atoms with Gasteiger partial charge >= 0.3 is 5.69 Å². The number of pyridine rings is 1. The Labute approximate surface area is 143 Å². The van der Waals surface area contributed by atoms with E-state index < -0.39 is 21.2 Å². The molecule has 132 valence electrons. The van der Waals surface area contributed by atoms with Crippen LogP contribution in [0.4, 0.5) is 11.4 Å². The number of hydrogen-bond donors (Lipinski definition) is 0. The van der Waals surface area contributed by atoms with Crippen molar-refractivity contribution in [3.8, 4) is 5.82 Å². The highest BCUT2D eigenvalue weighted by Crippen LogP contribution is 2.32. The highest BCUT2D eigenvalue weighted by atomic mass is 16.6. The summed E-state index contributed by atoms with van der Waals surface area (Å²) >= 11 is 0. The van der Waals surface area contributed by atoms with Gasteiger partial charge < -0.3 is 0 Å². The Morgan fingerprint density at radius 1 is 0.889 bits per heavy atom. The smallest absolute Gasteiger partial charge is 0.258 e. The lowest BCUT2D eigenvalue weighted by Gasteiger charge is -2.01. The van der Waals surface area contributed by atoms with Gasteiger partial charge in [-0.05, 0) is 20.6 Å². The second-order valence-electron chi connectivity index (χ2n) is 5.18. The van der Waals surface area contributed by atoms with Crippen LogP contribution in [0.15, 0.2) is 21.4 Å². The van der Waals surface area contributed by atoms with Crippen molar-refractivity contribution in [3.63, 3.8) is 0 Å². The molecule has 0 N–H and O–H groups in total. The fraction of sp³-hybridized carbons (Fsp3) is 0. The number of hydrogen-bond acceptors (Lipinski definition) is 13. The lowest BCUT2D eigenvalue weighted by Crippen LogP contribution is -2.02. The first kappa shape index (κ1) is 14.7. The highest BCUT2D eigenvalue weighted by Gasteiger charge is 2.27. The summed E-state index contributed by atoms with van der Waals surface area (Å²) in [6.07, 6.45) is 0. The van der Waals surface area contributed by atoms with Crippen molar-refractivity contribution in [2.45, 2.75) is 0 Å². The lowest BCUT2D eigenvalue weighted by atomic mass is 10.2. The van der Waals surface area contributed by atoms with Gasteiger partial charge in [0.2, 0.25) is 5.65 Å². The van der Waals surface area contributed by atoms with Crippen LogP contribution < -0.4 is 0 Å². The third-order valence-electron chi connectivity index (χ3n) is 3.73. The van der Waals surface area contributed by atoms with Crippen molar-refractivity contribution >= 4 is 44.6 Å². The quantitative estimate of drug-likeness (QED) is 0.317. The third kappa shape index (κ3) is 1.94. The molecule has 0 saturated carbocycles. The Balaban J connectivity index is 1.90. The van der Waals surface area contributed by atoms with E-state index >= 15 is 0 Å². The zero-order valence-electron chi connectivity index (χ0n) is 12.6. The summed E-state index contributed by atoms with van der Waals surface area (Å²) in [7, 11) is 0. The van der Waals surface area contributed by atoms with Gasteiger partial charge in [0.1, 0.15) is 5.52 Å². The molecule has 0 aliphatic rings. The summed E-state index contributed by atoms with van der Waals surface area (Å²) in [6, 6.07) is 1.88.